The van der Waals surface area contributed by atoms with Crippen molar-refractivity contribution in [3.8, 4) is 78.3 Å². The van der Waals surface area contributed by atoms with Gasteiger partial charge in [0.25, 0.3) is 0 Å². The van der Waals surface area contributed by atoms with Gasteiger partial charge in [-0.05, 0) is 70.2 Å². The maximum absolute atomic E-state index is 7.51. The Hall–Kier alpha value is -8.63. The average molecular weight is 1020 g/mol. The summed E-state index contributed by atoms with van der Waals surface area (Å²) in [6, 6.07) is 78.0. The number of hydrogen-bond donors (Lipinski definition) is 0. The molecule has 0 unspecified atom stereocenters. The van der Waals surface area contributed by atoms with Crippen molar-refractivity contribution in [3.63, 3.8) is 0 Å². The van der Waals surface area contributed by atoms with Crippen molar-refractivity contribution in [2.45, 2.75) is 22.1 Å². The number of hydrogen-bond acceptors (Lipinski definition) is 6. The lowest BCUT2D eigenvalue weighted by atomic mass is 9.55. The molecule has 0 saturated carbocycles. The first kappa shape index (κ1) is 41.6. The second-order valence-electron chi connectivity index (χ2n) is 21.2. The zero-order valence-electron chi connectivity index (χ0n) is 41.2. The molecule has 0 bridgehead atoms. The second kappa shape index (κ2) is 15.1. The van der Waals surface area contributed by atoms with Crippen molar-refractivity contribution in [3.05, 3.63) is 247 Å². The Morgan fingerprint density at radius 1 is 0.351 bits per heavy atom. The van der Waals surface area contributed by atoms with E-state index >= 15 is 0 Å². The molecular weight excluding hydrogens is 977 g/mol. The van der Waals surface area contributed by atoms with E-state index in [9.17, 15) is 0 Å². The fourth-order valence-electron chi connectivity index (χ4n) is 14.6. The van der Waals surface area contributed by atoms with E-state index in [1.807, 2.05) is 23.2 Å². The highest BCUT2D eigenvalue weighted by molar-refractivity contribution is 8.55. The van der Waals surface area contributed by atoms with Crippen LogP contribution in [0.25, 0.3) is 66.8 Å². The summed E-state index contributed by atoms with van der Waals surface area (Å²) in [5.74, 6) is 1.77. The monoisotopic (exact) mass is 1020 g/mol. The predicted molar refractivity (Wildman–Crippen MR) is 313 cm³/mol. The molecule has 11 heteroatoms. The van der Waals surface area contributed by atoms with Crippen LogP contribution in [0.5, 0.6) is 11.5 Å². The molecule has 6 nitrogen and oxygen atoms in total. The van der Waals surface area contributed by atoms with Crippen molar-refractivity contribution in [2.24, 2.45) is 0 Å². The van der Waals surface area contributed by atoms with Gasteiger partial charge in [0.2, 0.25) is 22.1 Å². The first-order valence-corrected chi connectivity index (χ1v) is 28.4. The van der Waals surface area contributed by atoms with Gasteiger partial charge in [-0.25, -0.2) is 0 Å². The van der Waals surface area contributed by atoms with Gasteiger partial charge >= 0.3 is 19.4 Å². The molecule has 0 fully saturated rings. The van der Waals surface area contributed by atoms with Crippen LogP contribution in [0.3, 0.4) is 0 Å². The first-order chi connectivity index (χ1) is 38.2. The summed E-state index contributed by atoms with van der Waals surface area (Å²) >= 11 is 4.06. The van der Waals surface area contributed by atoms with Gasteiger partial charge in [0, 0.05) is 78.2 Å². The minimum Gasteiger partial charge on any atom is -0.537 e. The highest BCUT2D eigenvalue weighted by Crippen LogP contribution is 2.60. The minimum atomic E-state index is -0.453. The molecule has 6 aliphatic heterocycles. The molecule has 8 heterocycles. The second-order valence-corrected chi connectivity index (χ2v) is 23.7. The smallest absolute Gasteiger partial charge is 0.525 e. The van der Waals surface area contributed by atoms with Gasteiger partial charge < -0.3 is 18.9 Å². The lowest BCUT2D eigenvalue weighted by molar-refractivity contribution is -0.738. The van der Waals surface area contributed by atoms with E-state index in [-0.39, 0.29) is 17.4 Å². The first-order valence-electron chi connectivity index (χ1n) is 26.6. The van der Waals surface area contributed by atoms with Crippen LogP contribution in [0.1, 0.15) is 34.3 Å². The van der Waals surface area contributed by atoms with Crippen molar-refractivity contribution in [2.75, 3.05) is 9.62 Å². The quantitative estimate of drug-likeness (QED) is 0.129. The zero-order valence-corrected chi connectivity index (χ0v) is 42.8. The number of pyridine rings is 2. The van der Waals surface area contributed by atoms with Crippen LogP contribution < -0.4 is 44.5 Å². The Morgan fingerprint density at radius 3 is 1.10 bits per heavy atom. The van der Waals surface area contributed by atoms with Gasteiger partial charge in [-0.3, -0.25) is 0 Å². The van der Waals surface area contributed by atoms with E-state index in [1.54, 1.807) is 0 Å². The van der Waals surface area contributed by atoms with Gasteiger partial charge in [0.05, 0.1) is 22.3 Å². The van der Waals surface area contributed by atoms with E-state index in [0.717, 1.165) is 45.4 Å². The molecule has 9 aromatic carbocycles. The Balaban J connectivity index is 0.987. The Bertz CT molecular complexity index is 4130. The van der Waals surface area contributed by atoms with Gasteiger partial charge in [-0.2, -0.15) is 9.13 Å². The summed E-state index contributed by atoms with van der Waals surface area (Å²) in [4.78, 5) is 5.02. The Morgan fingerprint density at radius 2 is 0.701 bits per heavy atom. The fourth-order valence-corrected chi connectivity index (χ4v) is 17.7. The largest absolute Gasteiger partial charge is 0.537 e. The molecule has 0 N–H and O–H groups in total. The number of nitrogens with zero attached hydrogens (tertiary/aromatic N) is 4. The van der Waals surface area contributed by atoms with Crippen LogP contribution in [0.4, 0.5) is 22.7 Å². The molecule has 0 radical (unpaired) electrons. The highest BCUT2D eigenvalue weighted by Gasteiger charge is 2.60. The van der Waals surface area contributed by atoms with E-state index in [2.05, 4.69) is 243 Å². The van der Waals surface area contributed by atoms with Gasteiger partial charge in [-0.15, -0.1) is 0 Å². The summed E-state index contributed by atoms with van der Waals surface area (Å²) in [6.45, 7) is 0. The summed E-state index contributed by atoms with van der Waals surface area (Å²) < 4.78 is 20.4. The number of anilines is 4. The fraction of sp³-hybridized carbons (Fsp3) is 0.0303. The van der Waals surface area contributed by atoms with Crippen molar-refractivity contribution in [1.82, 2.24) is 0 Å². The molecule has 11 aromatic rings. The van der Waals surface area contributed by atoms with Crippen LogP contribution in [0.2, 0.25) is 0 Å². The van der Waals surface area contributed by atoms with Crippen molar-refractivity contribution >= 4 is 81.7 Å². The SMILES string of the molecule is c1ccc(N2B3Oc4ccccc4-c4c[n+](C5c6ccccc6-c6ccccc65)c5c(c43)-c3c2cc2c4c3B(S5)Sc3c-4c4c(c[n+]3C3c5ccccc5-c5ccccc53)-c3ccccc3OB4N2c2ccccc2)cc1. The maximum atomic E-state index is 7.51. The Labute approximate surface area is 454 Å². The normalized spacial score (nSPS) is 15.4. The molecule has 0 amide bonds. The average Bonchev–Trinajstić information content (AvgIpc) is 4.12. The topological polar surface area (TPSA) is 32.7 Å². The van der Waals surface area contributed by atoms with Crippen LogP contribution in [0.15, 0.2) is 235 Å². The zero-order chi connectivity index (χ0) is 49.8. The molecule has 19 rings (SSSR count). The third-order valence-electron chi connectivity index (χ3n) is 17.6. The van der Waals surface area contributed by atoms with E-state index in [1.165, 1.54) is 104 Å². The van der Waals surface area contributed by atoms with Crippen molar-refractivity contribution < 1.29 is 18.4 Å². The van der Waals surface area contributed by atoms with Crippen LogP contribution in [-0.4, -0.2) is 19.4 Å². The highest BCUT2D eigenvalue weighted by atomic mass is 32.2. The number of fused-ring (bicyclic) bond motifs is 10. The Kier molecular flexibility index (Phi) is 8.14. The standard InChI is InChI=1S/C66H39B3N4O2S2/c1-3-19-38(20-4-1)72-52-35-53-57-59-61-51(45-28-16-18-34-55(45)75-68(61)73(53)39-21-5-2-6-22-39)37-71(64-48-31-13-9-25-42(48)43-26-10-14-32-49(43)64)66(59)77-69-62(57)56(52)58-60-50(44-27-15-17-33-54(44)74-67(60)72)36-70(65(58)76-69)63-46-29-11-7-23-40(46)41-24-8-12-30-47(41)63/h1-37,63-64H/q+2. The summed E-state index contributed by atoms with van der Waals surface area (Å²) in [5.41, 5.74) is 28.5. The number of rotatable bonds is 4. The van der Waals surface area contributed by atoms with Crippen LogP contribution in [0, 0.1) is 0 Å². The lowest BCUT2D eigenvalue weighted by Crippen LogP contribution is -2.63. The number of benzene rings is 9. The molecule has 0 spiro atoms. The molecule has 2 aliphatic carbocycles. The molecule has 0 atom stereocenters. The number of aromatic nitrogens is 2. The summed E-state index contributed by atoms with van der Waals surface area (Å²) in [5, 5.41) is 2.49. The molecule has 8 aliphatic rings. The molecule has 0 saturated heterocycles. The van der Waals surface area contributed by atoms with Gasteiger partial charge in [0.15, 0.2) is 12.4 Å². The van der Waals surface area contributed by atoms with Crippen molar-refractivity contribution in [1.29, 1.82) is 0 Å². The molecule has 77 heavy (non-hydrogen) atoms. The van der Waals surface area contributed by atoms with Gasteiger partial charge in [-0.1, -0.05) is 193 Å². The number of para-hydroxylation sites is 4. The predicted octanol–water partition coefficient (Wildman–Crippen LogP) is 12.6. The third kappa shape index (κ3) is 5.29. The third-order valence-corrected chi connectivity index (χ3v) is 20.3. The summed E-state index contributed by atoms with van der Waals surface area (Å²) in [7, 11) is -0.906. The minimum absolute atomic E-state index is 0.0389. The molecule has 354 valence electrons. The van der Waals surface area contributed by atoms with Crippen LogP contribution >= 0.6 is 23.2 Å². The molecular formula is C66H39B3N4O2S2+2. The molecule has 2 aromatic heterocycles. The van der Waals surface area contributed by atoms with Crippen LogP contribution in [-0.2, 0) is 0 Å². The summed E-state index contributed by atoms with van der Waals surface area (Å²) in [6.07, 6.45) is 5.00. The van der Waals surface area contributed by atoms with E-state index in [4.69, 9.17) is 9.31 Å². The lowest BCUT2D eigenvalue weighted by Gasteiger charge is -2.47. The maximum Gasteiger partial charge on any atom is 0.525 e. The van der Waals surface area contributed by atoms with E-state index in [0.29, 0.717) is 0 Å². The van der Waals surface area contributed by atoms with Gasteiger partial charge in [0.1, 0.15) is 11.5 Å². The van der Waals surface area contributed by atoms with E-state index < -0.39 is 14.1 Å².